The van der Waals surface area contributed by atoms with Gasteiger partial charge in [-0.3, -0.25) is 10.1 Å². The van der Waals surface area contributed by atoms with Gasteiger partial charge in [-0.05, 0) is 36.7 Å². The summed E-state index contributed by atoms with van der Waals surface area (Å²) < 4.78 is 13.6. The fourth-order valence-electron chi connectivity index (χ4n) is 1.53. The molecule has 0 spiro atoms. The monoisotopic (exact) mass is 312 g/mol. The van der Waals surface area contributed by atoms with Gasteiger partial charge in [0, 0.05) is 6.04 Å². The lowest BCUT2D eigenvalue weighted by molar-refractivity contribution is -0.387. The number of nitro benzene ring substituents is 1. The van der Waals surface area contributed by atoms with Gasteiger partial charge in [-0.25, -0.2) is 4.39 Å². The Hall–Kier alpha value is -1.74. The van der Waals surface area contributed by atoms with Crippen molar-refractivity contribution in [1.29, 1.82) is 0 Å². The molecule has 1 aliphatic carbocycles. The van der Waals surface area contributed by atoms with Crippen LogP contribution in [0.4, 0.5) is 15.2 Å². The molecule has 0 aliphatic heterocycles. The van der Waals surface area contributed by atoms with Gasteiger partial charge >= 0.3 is 0 Å². The van der Waals surface area contributed by atoms with E-state index in [2.05, 4.69) is 15.5 Å². The van der Waals surface area contributed by atoms with Crippen LogP contribution in [-0.2, 0) is 0 Å². The molecule has 1 saturated carbocycles. The first-order valence-corrected chi connectivity index (χ1v) is 7.47. The third kappa shape index (κ3) is 3.05. The summed E-state index contributed by atoms with van der Waals surface area (Å²) in [6.07, 6.45) is 2.26. The Labute approximate surface area is 121 Å². The van der Waals surface area contributed by atoms with Gasteiger partial charge in [0.05, 0.1) is 15.9 Å². The number of rotatable bonds is 5. The fourth-order valence-corrected chi connectivity index (χ4v) is 3.40. The minimum absolute atomic E-state index is 0.262. The van der Waals surface area contributed by atoms with Gasteiger partial charge in [0.1, 0.15) is 5.82 Å². The number of aromatic nitrogens is 2. The van der Waals surface area contributed by atoms with Gasteiger partial charge in [-0.2, -0.15) is 0 Å². The first-order chi connectivity index (χ1) is 9.61. The highest BCUT2D eigenvalue weighted by Gasteiger charge is 2.23. The van der Waals surface area contributed by atoms with E-state index < -0.39 is 10.7 Å². The van der Waals surface area contributed by atoms with Crippen molar-refractivity contribution in [2.24, 2.45) is 0 Å². The van der Waals surface area contributed by atoms with Gasteiger partial charge in [0.25, 0.3) is 5.69 Å². The van der Waals surface area contributed by atoms with Gasteiger partial charge < -0.3 is 5.32 Å². The highest BCUT2D eigenvalue weighted by Crippen LogP contribution is 2.38. The Bertz CT molecular complexity index is 660. The Balaban J connectivity index is 1.79. The third-order valence-corrected chi connectivity index (χ3v) is 4.60. The first-order valence-electron chi connectivity index (χ1n) is 5.83. The summed E-state index contributed by atoms with van der Waals surface area (Å²) >= 11 is 2.45. The van der Waals surface area contributed by atoms with Crippen LogP contribution in [0.15, 0.2) is 27.4 Å². The quantitative estimate of drug-likeness (QED) is 0.674. The van der Waals surface area contributed by atoms with Crippen molar-refractivity contribution < 1.29 is 9.31 Å². The third-order valence-electron chi connectivity index (χ3n) is 2.63. The average molecular weight is 312 g/mol. The van der Waals surface area contributed by atoms with Crippen LogP contribution in [0, 0.1) is 15.9 Å². The SMILES string of the molecule is O=[N+]([O-])c1cc(F)ccc1Sc1nnc(NC2CC2)s1. The molecule has 2 aromatic rings. The lowest BCUT2D eigenvalue weighted by atomic mass is 10.3. The molecule has 0 radical (unpaired) electrons. The highest BCUT2D eigenvalue weighted by molar-refractivity contribution is 8.01. The fraction of sp³-hybridized carbons (Fsp3) is 0.273. The van der Waals surface area contributed by atoms with E-state index in [9.17, 15) is 14.5 Å². The van der Waals surface area contributed by atoms with E-state index >= 15 is 0 Å². The molecule has 0 bridgehead atoms. The summed E-state index contributed by atoms with van der Waals surface area (Å²) in [6, 6.07) is 3.96. The van der Waals surface area contributed by atoms with Gasteiger partial charge in [0.2, 0.25) is 5.13 Å². The molecular weight excluding hydrogens is 303 g/mol. The molecule has 0 amide bonds. The van der Waals surface area contributed by atoms with E-state index in [-0.39, 0.29) is 5.69 Å². The normalized spacial score (nSPS) is 14.2. The first kappa shape index (κ1) is 13.3. The Morgan fingerprint density at radius 1 is 1.45 bits per heavy atom. The van der Waals surface area contributed by atoms with Crippen molar-refractivity contribution in [3.8, 4) is 0 Å². The van der Waals surface area contributed by atoms with Gasteiger partial charge in [-0.15, -0.1) is 10.2 Å². The van der Waals surface area contributed by atoms with Crippen molar-refractivity contribution in [1.82, 2.24) is 10.2 Å². The van der Waals surface area contributed by atoms with Crippen LogP contribution in [0.5, 0.6) is 0 Å². The molecule has 1 N–H and O–H groups in total. The number of hydrogen-bond acceptors (Lipinski definition) is 7. The van der Waals surface area contributed by atoms with Crippen molar-refractivity contribution in [3.05, 3.63) is 34.1 Å². The van der Waals surface area contributed by atoms with E-state index in [0.717, 1.165) is 30.7 Å². The molecule has 20 heavy (non-hydrogen) atoms. The number of anilines is 1. The van der Waals surface area contributed by atoms with Crippen LogP contribution < -0.4 is 5.32 Å². The molecule has 1 heterocycles. The molecule has 0 saturated heterocycles. The number of nitrogens with one attached hydrogen (secondary N) is 1. The van der Waals surface area contributed by atoms with Gasteiger partial charge in [-0.1, -0.05) is 11.3 Å². The summed E-state index contributed by atoms with van der Waals surface area (Å²) in [7, 11) is 0. The van der Waals surface area contributed by atoms with Crippen molar-refractivity contribution in [2.75, 3.05) is 5.32 Å². The maximum atomic E-state index is 13.1. The van der Waals surface area contributed by atoms with Crippen molar-refractivity contribution in [3.63, 3.8) is 0 Å². The van der Waals surface area contributed by atoms with Crippen LogP contribution in [-0.4, -0.2) is 21.2 Å². The standard InChI is InChI=1S/C11H9FN4O2S2/c12-6-1-4-9(8(5-6)16(17)18)19-11-15-14-10(20-11)13-7-2-3-7/h1,4-5,7H,2-3H2,(H,13,14). The topological polar surface area (TPSA) is 81.0 Å². The van der Waals surface area contributed by atoms with Gasteiger partial charge in [0.15, 0.2) is 4.34 Å². The zero-order valence-corrected chi connectivity index (χ0v) is 11.7. The van der Waals surface area contributed by atoms with Crippen LogP contribution >= 0.6 is 23.1 Å². The summed E-state index contributed by atoms with van der Waals surface area (Å²) in [5.41, 5.74) is -0.262. The smallest absolute Gasteiger partial charge is 0.286 e. The Morgan fingerprint density at radius 2 is 2.25 bits per heavy atom. The molecule has 0 unspecified atom stereocenters. The number of hydrogen-bond donors (Lipinski definition) is 1. The molecule has 1 aliphatic rings. The zero-order chi connectivity index (χ0) is 14.1. The Morgan fingerprint density at radius 3 is 2.95 bits per heavy atom. The molecule has 1 aromatic carbocycles. The van der Waals surface area contributed by atoms with Crippen molar-refractivity contribution in [2.45, 2.75) is 28.1 Å². The van der Waals surface area contributed by atoms with Crippen LogP contribution in [0.2, 0.25) is 0 Å². The van der Waals surface area contributed by atoms with E-state index in [1.165, 1.54) is 23.5 Å². The molecule has 0 atom stereocenters. The lowest BCUT2D eigenvalue weighted by Crippen LogP contribution is -1.99. The molecule has 6 nitrogen and oxygen atoms in total. The Kier molecular flexibility index (Phi) is 3.53. The van der Waals surface area contributed by atoms with E-state index in [1.54, 1.807) is 0 Å². The zero-order valence-electron chi connectivity index (χ0n) is 10.1. The minimum Gasteiger partial charge on any atom is -0.357 e. The van der Waals surface area contributed by atoms with E-state index in [4.69, 9.17) is 0 Å². The summed E-state index contributed by atoms with van der Waals surface area (Å²) in [6.45, 7) is 0. The second kappa shape index (κ2) is 5.33. The molecular formula is C11H9FN4O2S2. The number of nitro groups is 1. The lowest BCUT2D eigenvalue weighted by Gasteiger charge is -1.99. The second-order valence-electron chi connectivity index (χ2n) is 4.26. The van der Waals surface area contributed by atoms with Crippen LogP contribution in [0.25, 0.3) is 0 Å². The molecule has 104 valence electrons. The molecule has 3 rings (SSSR count). The molecule has 1 fully saturated rings. The van der Waals surface area contributed by atoms with E-state index in [0.29, 0.717) is 20.4 Å². The van der Waals surface area contributed by atoms with Crippen molar-refractivity contribution >= 4 is 33.9 Å². The second-order valence-corrected chi connectivity index (χ2v) is 6.53. The maximum Gasteiger partial charge on any atom is 0.286 e. The predicted molar refractivity (Wildman–Crippen MR) is 73.7 cm³/mol. The maximum absolute atomic E-state index is 13.1. The largest absolute Gasteiger partial charge is 0.357 e. The number of nitrogens with zero attached hydrogens (tertiary/aromatic N) is 3. The summed E-state index contributed by atoms with van der Waals surface area (Å²) in [4.78, 5) is 10.7. The summed E-state index contributed by atoms with van der Waals surface area (Å²) in [5, 5.41) is 22.8. The highest BCUT2D eigenvalue weighted by atomic mass is 32.2. The van der Waals surface area contributed by atoms with Crippen LogP contribution in [0.1, 0.15) is 12.8 Å². The molecule has 1 aromatic heterocycles. The minimum atomic E-state index is -0.630. The van der Waals surface area contributed by atoms with E-state index in [1.807, 2.05) is 0 Å². The average Bonchev–Trinajstić information content (AvgIpc) is 3.10. The number of halogens is 1. The molecule has 9 heteroatoms. The predicted octanol–water partition coefficient (Wildman–Crippen LogP) is 3.31. The number of benzene rings is 1. The van der Waals surface area contributed by atoms with Crippen LogP contribution in [0.3, 0.4) is 0 Å². The summed E-state index contributed by atoms with van der Waals surface area (Å²) in [5.74, 6) is -0.630.